The Morgan fingerprint density at radius 3 is 2.74 bits per heavy atom. The van der Waals surface area contributed by atoms with Crippen LogP contribution in [0.3, 0.4) is 0 Å². The zero-order valence-electron chi connectivity index (χ0n) is 17.2. The largest absolute Gasteiger partial charge is 0.457 e. The second-order valence-corrected chi connectivity index (χ2v) is 9.04. The maximum absolute atomic E-state index is 13.1. The summed E-state index contributed by atoms with van der Waals surface area (Å²) in [6, 6.07) is 13.0. The number of benzene rings is 1. The standard InChI is InChI=1S/C24H23FN4OS/c1-15-4-2-3-5-19(15)28-24-29-20-8-7-17(13-22(20)31-24)30-18-10-11-26-21(12-18)16-6-9-23(25)27-14-16/h6-15,19H,2-5H2,1H3,(H,28,29)/t15-,19-/m1/s1. The number of pyridine rings is 2. The van der Waals surface area contributed by atoms with E-state index in [2.05, 4.69) is 22.2 Å². The van der Waals surface area contributed by atoms with Crippen molar-refractivity contribution in [2.45, 2.75) is 38.6 Å². The molecule has 1 saturated carbocycles. The van der Waals surface area contributed by atoms with Crippen LogP contribution in [0.4, 0.5) is 9.52 Å². The molecular formula is C24H23FN4OS. The van der Waals surface area contributed by atoms with Crippen molar-refractivity contribution in [3.8, 4) is 22.8 Å². The quantitative estimate of drug-likeness (QED) is 0.355. The molecule has 2 atom stereocenters. The van der Waals surface area contributed by atoms with Crippen molar-refractivity contribution in [3.63, 3.8) is 0 Å². The number of hydrogen-bond donors (Lipinski definition) is 1. The van der Waals surface area contributed by atoms with Crippen LogP contribution >= 0.6 is 11.3 Å². The number of nitrogens with zero attached hydrogens (tertiary/aromatic N) is 3. The molecule has 0 saturated heterocycles. The fourth-order valence-electron chi connectivity index (χ4n) is 4.02. The van der Waals surface area contributed by atoms with Gasteiger partial charge in [0.05, 0.1) is 15.9 Å². The van der Waals surface area contributed by atoms with E-state index in [1.165, 1.54) is 37.9 Å². The van der Waals surface area contributed by atoms with Crippen LogP contribution in [0.1, 0.15) is 32.6 Å². The lowest BCUT2D eigenvalue weighted by Gasteiger charge is -2.29. The Morgan fingerprint density at radius 1 is 1.03 bits per heavy atom. The lowest BCUT2D eigenvalue weighted by atomic mass is 9.86. The van der Waals surface area contributed by atoms with E-state index in [1.54, 1.807) is 29.7 Å². The highest BCUT2D eigenvalue weighted by atomic mass is 32.1. The Morgan fingerprint density at radius 2 is 1.90 bits per heavy atom. The zero-order chi connectivity index (χ0) is 21.2. The summed E-state index contributed by atoms with van der Waals surface area (Å²) in [4.78, 5) is 12.8. The zero-order valence-corrected chi connectivity index (χ0v) is 18.0. The molecule has 0 amide bonds. The van der Waals surface area contributed by atoms with Gasteiger partial charge in [0, 0.05) is 36.1 Å². The summed E-state index contributed by atoms with van der Waals surface area (Å²) in [5, 5.41) is 4.62. The number of nitrogens with one attached hydrogen (secondary N) is 1. The van der Waals surface area contributed by atoms with Crippen molar-refractivity contribution < 1.29 is 9.13 Å². The number of aromatic nitrogens is 3. The Hall–Kier alpha value is -3.06. The van der Waals surface area contributed by atoms with Crippen molar-refractivity contribution in [1.29, 1.82) is 0 Å². The predicted octanol–water partition coefficient (Wildman–Crippen LogP) is 6.68. The second-order valence-electron chi connectivity index (χ2n) is 8.01. The lowest BCUT2D eigenvalue weighted by Crippen LogP contribution is -2.30. The van der Waals surface area contributed by atoms with Crippen molar-refractivity contribution in [1.82, 2.24) is 15.0 Å². The number of rotatable bonds is 5. The molecule has 1 N–H and O–H groups in total. The normalized spacial score (nSPS) is 18.8. The number of anilines is 1. The van der Waals surface area contributed by atoms with Gasteiger partial charge >= 0.3 is 0 Å². The van der Waals surface area contributed by atoms with Gasteiger partial charge in [-0.3, -0.25) is 4.98 Å². The SMILES string of the molecule is C[C@@H]1CCCC[C@H]1Nc1nc2ccc(Oc3ccnc(-c4ccc(F)nc4)c3)cc2s1. The van der Waals surface area contributed by atoms with Gasteiger partial charge in [0.1, 0.15) is 11.5 Å². The van der Waals surface area contributed by atoms with Gasteiger partial charge in [0.2, 0.25) is 5.95 Å². The minimum Gasteiger partial charge on any atom is -0.457 e. The smallest absolute Gasteiger partial charge is 0.212 e. The molecule has 4 aromatic rings. The summed E-state index contributed by atoms with van der Waals surface area (Å²) >= 11 is 1.66. The molecule has 1 aliphatic rings. The number of fused-ring (bicyclic) bond motifs is 1. The molecule has 3 aromatic heterocycles. The average Bonchev–Trinajstić information content (AvgIpc) is 3.18. The molecule has 158 valence electrons. The summed E-state index contributed by atoms with van der Waals surface area (Å²) in [7, 11) is 0. The molecule has 5 rings (SSSR count). The molecule has 0 aliphatic heterocycles. The minimum atomic E-state index is -0.513. The first kappa shape index (κ1) is 19.9. The highest BCUT2D eigenvalue weighted by Crippen LogP contribution is 2.34. The topological polar surface area (TPSA) is 59.9 Å². The van der Waals surface area contributed by atoms with E-state index in [9.17, 15) is 4.39 Å². The van der Waals surface area contributed by atoms with Crippen LogP contribution in [0, 0.1) is 11.9 Å². The van der Waals surface area contributed by atoms with Crippen LogP contribution < -0.4 is 10.1 Å². The highest BCUT2D eigenvalue weighted by Gasteiger charge is 2.22. The van der Waals surface area contributed by atoms with Crippen LogP contribution in [0.5, 0.6) is 11.5 Å². The monoisotopic (exact) mass is 434 g/mol. The minimum absolute atomic E-state index is 0.501. The van der Waals surface area contributed by atoms with Crippen molar-refractivity contribution in [2.75, 3.05) is 5.32 Å². The molecule has 1 fully saturated rings. The molecule has 3 heterocycles. The number of halogens is 1. The van der Waals surface area contributed by atoms with E-state index in [-0.39, 0.29) is 0 Å². The van der Waals surface area contributed by atoms with E-state index in [0.29, 0.717) is 23.4 Å². The van der Waals surface area contributed by atoms with Gasteiger partial charge in [-0.2, -0.15) is 4.39 Å². The first-order valence-electron chi connectivity index (χ1n) is 10.6. The third-order valence-corrected chi connectivity index (χ3v) is 6.72. The summed E-state index contributed by atoms with van der Waals surface area (Å²) in [6.07, 6.45) is 8.24. The van der Waals surface area contributed by atoms with E-state index >= 15 is 0 Å². The van der Waals surface area contributed by atoms with Crippen LogP contribution in [0.2, 0.25) is 0 Å². The van der Waals surface area contributed by atoms with Gasteiger partial charge in [0.25, 0.3) is 0 Å². The van der Waals surface area contributed by atoms with E-state index < -0.39 is 5.95 Å². The summed E-state index contributed by atoms with van der Waals surface area (Å²) in [5.74, 6) is 1.56. The van der Waals surface area contributed by atoms with Crippen LogP contribution in [0.25, 0.3) is 21.5 Å². The molecule has 0 radical (unpaired) electrons. The Kier molecular flexibility index (Phi) is 5.51. The highest BCUT2D eigenvalue weighted by molar-refractivity contribution is 7.22. The molecule has 7 heteroatoms. The summed E-state index contributed by atoms with van der Waals surface area (Å²) in [6.45, 7) is 2.32. The number of ether oxygens (including phenoxy) is 1. The Bertz CT molecular complexity index is 1190. The fraction of sp³-hybridized carbons (Fsp3) is 0.292. The van der Waals surface area contributed by atoms with Crippen molar-refractivity contribution in [3.05, 3.63) is 60.8 Å². The van der Waals surface area contributed by atoms with Gasteiger partial charge in [-0.1, -0.05) is 31.1 Å². The molecule has 0 unspecified atom stereocenters. The van der Waals surface area contributed by atoms with Gasteiger partial charge in [-0.25, -0.2) is 9.97 Å². The third-order valence-electron chi connectivity index (χ3n) is 5.77. The number of hydrogen-bond acceptors (Lipinski definition) is 6. The lowest BCUT2D eigenvalue weighted by molar-refractivity contribution is 0.349. The fourth-order valence-corrected chi connectivity index (χ4v) is 4.97. The van der Waals surface area contributed by atoms with E-state index in [1.807, 2.05) is 24.3 Å². The molecule has 5 nitrogen and oxygen atoms in total. The van der Waals surface area contributed by atoms with Crippen molar-refractivity contribution in [2.24, 2.45) is 5.92 Å². The predicted molar refractivity (Wildman–Crippen MR) is 122 cm³/mol. The van der Waals surface area contributed by atoms with E-state index in [4.69, 9.17) is 9.72 Å². The number of thiazole rings is 1. The molecule has 31 heavy (non-hydrogen) atoms. The molecular weight excluding hydrogens is 411 g/mol. The molecule has 1 aromatic carbocycles. The van der Waals surface area contributed by atoms with Crippen LogP contribution in [0.15, 0.2) is 54.9 Å². The van der Waals surface area contributed by atoms with Gasteiger partial charge in [0.15, 0.2) is 5.13 Å². The second kappa shape index (κ2) is 8.59. The Balaban J connectivity index is 1.34. The Labute approximate surface area is 184 Å². The molecule has 0 bridgehead atoms. The average molecular weight is 435 g/mol. The summed E-state index contributed by atoms with van der Waals surface area (Å²) < 4.78 is 20.2. The first-order chi connectivity index (χ1) is 15.1. The summed E-state index contributed by atoms with van der Waals surface area (Å²) in [5.41, 5.74) is 2.38. The van der Waals surface area contributed by atoms with E-state index in [0.717, 1.165) is 26.7 Å². The van der Waals surface area contributed by atoms with Gasteiger partial charge in [-0.05, 0) is 49.1 Å². The molecule has 1 aliphatic carbocycles. The van der Waals surface area contributed by atoms with Gasteiger partial charge in [-0.15, -0.1) is 0 Å². The first-order valence-corrected chi connectivity index (χ1v) is 11.4. The third kappa shape index (κ3) is 4.51. The van der Waals surface area contributed by atoms with Crippen LogP contribution in [-0.2, 0) is 0 Å². The van der Waals surface area contributed by atoms with Crippen molar-refractivity contribution >= 4 is 26.7 Å². The maximum Gasteiger partial charge on any atom is 0.212 e. The maximum atomic E-state index is 13.1. The van der Waals surface area contributed by atoms with Gasteiger partial charge < -0.3 is 10.1 Å². The van der Waals surface area contributed by atoms with Crippen LogP contribution in [-0.4, -0.2) is 21.0 Å². The molecule has 0 spiro atoms.